The molecule has 0 saturated heterocycles. The van der Waals surface area contributed by atoms with Gasteiger partial charge in [-0.05, 0) is 92.6 Å². The van der Waals surface area contributed by atoms with Gasteiger partial charge in [-0.3, -0.25) is 9.79 Å². The van der Waals surface area contributed by atoms with Gasteiger partial charge in [-0.15, -0.1) is 0 Å². The fraction of sp³-hybridized carbons (Fsp3) is 0.353. The average Bonchev–Trinajstić information content (AvgIpc) is 2.95. The minimum Gasteiger partial charge on any atom is -0.493 e. The number of methoxy groups -OCH3 is 2. The van der Waals surface area contributed by atoms with Gasteiger partial charge in [0.1, 0.15) is 0 Å². The summed E-state index contributed by atoms with van der Waals surface area (Å²) in [5.41, 5.74) is 12.3. The van der Waals surface area contributed by atoms with Gasteiger partial charge in [0, 0.05) is 30.0 Å². The van der Waals surface area contributed by atoms with Gasteiger partial charge in [0.25, 0.3) is 0 Å². The van der Waals surface area contributed by atoms with Crippen LogP contribution >= 0.6 is 0 Å². The Morgan fingerprint density at radius 2 is 1.49 bits per heavy atom. The highest BCUT2D eigenvalue weighted by atomic mass is 16.5. The smallest absolute Gasteiger partial charge is 0.163 e. The molecule has 7 nitrogen and oxygen atoms in total. The van der Waals surface area contributed by atoms with Crippen molar-refractivity contribution in [1.82, 2.24) is 0 Å². The maximum absolute atomic E-state index is 11.8. The quantitative estimate of drug-likeness (QED) is 0.0940. The van der Waals surface area contributed by atoms with Crippen LogP contribution in [0.1, 0.15) is 60.7 Å². The summed E-state index contributed by atoms with van der Waals surface area (Å²) in [5.74, 6) is 2.65. The molecule has 0 aromatic heterocycles. The van der Waals surface area contributed by atoms with E-state index in [-0.39, 0.29) is 11.7 Å². The second-order valence-corrected chi connectivity index (χ2v) is 10.1. The van der Waals surface area contributed by atoms with Gasteiger partial charge in [0.15, 0.2) is 28.8 Å². The van der Waals surface area contributed by atoms with Crippen molar-refractivity contribution in [2.45, 2.75) is 47.5 Å². The van der Waals surface area contributed by atoms with Gasteiger partial charge in [0.05, 0.1) is 33.1 Å². The predicted molar refractivity (Wildman–Crippen MR) is 168 cm³/mol. The molecule has 0 spiro atoms. The molecule has 3 aromatic carbocycles. The third-order valence-electron chi connectivity index (χ3n) is 6.82. The molecule has 0 amide bonds. The number of anilines is 1. The van der Waals surface area contributed by atoms with E-state index in [0.29, 0.717) is 48.2 Å². The summed E-state index contributed by atoms with van der Waals surface area (Å²) < 4.78 is 23.0. The average molecular weight is 559 g/mol. The number of aryl methyl sites for hydroxylation is 2. The van der Waals surface area contributed by atoms with Crippen LogP contribution in [0.15, 0.2) is 59.6 Å². The van der Waals surface area contributed by atoms with E-state index in [1.165, 1.54) is 11.1 Å². The normalized spacial score (nSPS) is 12.3. The van der Waals surface area contributed by atoms with Gasteiger partial charge in [-0.1, -0.05) is 25.1 Å². The van der Waals surface area contributed by atoms with E-state index in [0.717, 1.165) is 28.9 Å². The van der Waals surface area contributed by atoms with Crippen LogP contribution in [-0.2, 0) is 0 Å². The fourth-order valence-corrected chi connectivity index (χ4v) is 4.51. The highest BCUT2D eigenvalue weighted by Crippen LogP contribution is 2.35. The number of carbonyl (C=O) groups excluding carboxylic acids is 1. The number of Topliss-reactive ketones (excluding diaryl/α,β-unsaturated/α-hetero) is 1. The molecule has 0 aliphatic heterocycles. The maximum atomic E-state index is 11.8. The fourth-order valence-electron chi connectivity index (χ4n) is 4.51. The number of nitrogens with two attached hydrogens (primary N) is 1. The van der Waals surface area contributed by atoms with E-state index < -0.39 is 0 Å². The van der Waals surface area contributed by atoms with Crippen LogP contribution in [-0.4, -0.2) is 39.4 Å². The van der Waals surface area contributed by atoms with Crippen molar-refractivity contribution in [2.75, 3.05) is 33.2 Å². The number of ketones is 1. The molecule has 1 unspecified atom stereocenters. The summed E-state index contributed by atoms with van der Waals surface area (Å²) >= 11 is 0. The third kappa shape index (κ3) is 8.61. The highest BCUT2D eigenvalue weighted by Gasteiger charge is 2.13. The maximum Gasteiger partial charge on any atom is 0.163 e. The van der Waals surface area contributed by atoms with Crippen molar-refractivity contribution < 1.29 is 23.7 Å². The molecule has 0 heterocycles. The van der Waals surface area contributed by atoms with Crippen LogP contribution in [0.4, 0.5) is 11.4 Å². The number of nitrogens with zero attached hydrogens (tertiary/aromatic N) is 1. The second kappa shape index (κ2) is 14.9. The first kappa shape index (κ1) is 31.3. The molecule has 0 bridgehead atoms. The lowest BCUT2D eigenvalue weighted by atomic mass is 9.95. The van der Waals surface area contributed by atoms with Crippen molar-refractivity contribution in [3.8, 4) is 23.0 Å². The molecule has 2 N–H and O–H groups in total. The highest BCUT2D eigenvalue weighted by molar-refractivity contribution is 5.96. The number of ether oxygens (including phenoxy) is 4. The molecule has 7 heteroatoms. The molecule has 3 rings (SSSR count). The van der Waals surface area contributed by atoms with Gasteiger partial charge in [-0.25, -0.2) is 0 Å². The summed E-state index contributed by atoms with van der Waals surface area (Å²) in [6.07, 6.45) is 5.63. The van der Waals surface area contributed by atoms with Crippen molar-refractivity contribution in [3.05, 3.63) is 76.9 Å². The summed E-state index contributed by atoms with van der Waals surface area (Å²) in [6.45, 7) is 10.5. The standard InChI is InChI=1S/C34H42N2O5/c1-8-26(27-10-12-28(35)13-11-27)16-22(2)21-36-30-20-34(31(38-6)18-24(30)4)41-15-9-14-40-33-17-23(3)29(25(5)37)19-32(33)39-7/h8,10-13,17-22H,9,14-16,35H2,1-7H3/b26-8+,36-21?. The Labute approximate surface area is 244 Å². The summed E-state index contributed by atoms with van der Waals surface area (Å²) in [5, 5.41) is 0. The van der Waals surface area contributed by atoms with Crippen molar-refractivity contribution in [2.24, 2.45) is 10.9 Å². The first-order chi connectivity index (χ1) is 19.7. The number of benzene rings is 3. The first-order valence-electron chi connectivity index (χ1n) is 13.9. The summed E-state index contributed by atoms with van der Waals surface area (Å²) in [4.78, 5) is 16.6. The van der Waals surface area contributed by atoms with Gasteiger partial charge in [0.2, 0.25) is 0 Å². The van der Waals surface area contributed by atoms with Crippen LogP contribution < -0.4 is 24.7 Å². The molecule has 0 radical (unpaired) electrons. The molecular formula is C34H42N2O5. The number of hydrogen-bond donors (Lipinski definition) is 1. The van der Waals surface area contributed by atoms with Crippen LogP contribution in [0.2, 0.25) is 0 Å². The molecule has 0 aliphatic carbocycles. The largest absolute Gasteiger partial charge is 0.493 e. The third-order valence-corrected chi connectivity index (χ3v) is 6.82. The van der Waals surface area contributed by atoms with Crippen molar-refractivity contribution in [3.63, 3.8) is 0 Å². The lowest BCUT2D eigenvalue weighted by Crippen LogP contribution is -2.07. The van der Waals surface area contributed by atoms with E-state index in [4.69, 9.17) is 29.7 Å². The molecule has 3 aromatic rings. The molecule has 0 aliphatic rings. The van der Waals surface area contributed by atoms with Crippen molar-refractivity contribution >= 4 is 28.9 Å². The Kier molecular flexibility index (Phi) is 11.4. The minimum absolute atomic E-state index is 0.00771. The van der Waals surface area contributed by atoms with Crippen LogP contribution in [0.3, 0.4) is 0 Å². The number of hydrogen-bond acceptors (Lipinski definition) is 7. The minimum atomic E-state index is -0.00771. The van der Waals surface area contributed by atoms with E-state index in [1.54, 1.807) is 27.2 Å². The molecular weight excluding hydrogens is 516 g/mol. The zero-order valence-corrected chi connectivity index (χ0v) is 25.2. The van der Waals surface area contributed by atoms with E-state index >= 15 is 0 Å². The molecule has 1 atom stereocenters. The number of allylic oxidation sites excluding steroid dienone is 2. The van der Waals surface area contributed by atoms with Gasteiger partial charge in [-0.2, -0.15) is 0 Å². The van der Waals surface area contributed by atoms with Gasteiger partial charge < -0.3 is 24.7 Å². The lowest BCUT2D eigenvalue weighted by Gasteiger charge is -2.15. The Bertz CT molecular complexity index is 1390. The monoisotopic (exact) mass is 558 g/mol. The van der Waals surface area contributed by atoms with Crippen LogP contribution in [0, 0.1) is 19.8 Å². The second-order valence-electron chi connectivity index (χ2n) is 10.1. The molecule has 41 heavy (non-hydrogen) atoms. The van der Waals surface area contributed by atoms with E-state index in [2.05, 4.69) is 32.1 Å². The van der Waals surface area contributed by atoms with E-state index in [9.17, 15) is 4.79 Å². The number of rotatable bonds is 14. The predicted octanol–water partition coefficient (Wildman–Crippen LogP) is 7.79. The zero-order chi connectivity index (χ0) is 29.9. The Hall–Kier alpha value is -4.26. The first-order valence-corrected chi connectivity index (χ1v) is 13.9. The molecule has 0 saturated carbocycles. The van der Waals surface area contributed by atoms with Crippen LogP contribution in [0.25, 0.3) is 5.57 Å². The molecule has 218 valence electrons. The van der Waals surface area contributed by atoms with Gasteiger partial charge >= 0.3 is 0 Å². The SMILES string of the molecule is C/C=C(\CC(C)C=Nc1cc(OCCCOc2cc(C)c(C(C)=O)cc2OC)c(OC)cc1C)c1ccc(N)cc1. The topological polar surface area (TPSA) is 92.4 Å². The summed E-state index contributed by atoms with van der Waals surface area (Å²) in [6, 6.07) is 15.4. The number of nitrogen functional groups attached to an aromatic ring is 1. The van der Waals surface area contributed by atoms with Crippen LogP contribution in [0.5, 0.6) is 23.0 Å². The molecule has 0 fully saturated rings. The number of carbonyl (C=O) groups is 1. The summed E-state index contributed by atoms with van der Waals surface area (Å²) in [7, 11) is 3.19. The van der Waals surface area contributed by atoms with Crippen molar-refractivity contribution in [1.29, 1.82) is 0 Å². The Morgan fingerprint density at radius 1 is 0.902 bits per heavy atom. The zero-order valence-electron chi connectivity index (χ0n) is 25.2. The Morgan fingerprint density at radius 3 is 2.07 bits per heavy atom. The lowest BCUT2D eigenvalue weighted by molar-refractivity contribution is 0.101. The Balaban J connectivity index is 1.61. The van der Waals surface area contributed by atoms with E-state index in [1.807, 2.05) is 50.4 Å². The number of aliphatic imine (C=N–C) groups is 1.